The Balaban J connectivity index is 1.87. The molecule has 1 saturated carbocycles. The van der Waals surface area contributed by atoms with Crippen LogP contribution in [0.5, 0.6) is 0 Å². The minimum atomic E-state index is -0.126. The zero-order valence-electron chi connectivity index (χ0n) is 11.8. The van der Waals surface area contributed by atoms with Gasteiger partial charge in [0.1, 0.15) is 0 Å². The van der Waals surface area contributed by atoms with Gasteiger partial charge < -0.3 is 10.4 Å². The van der Waals surface area contributed by atoms with Gasteiger partial charge in [-0.15, -0.1) is 0 Å². The minimum Gasteiger partial charge on any atom is -0.396 e. The van der Waals surface area contributed by atoms with Crippen molar-refractivity contribution in [2.75, 3.05) is 6.61 Å². The highest BCUT2D eigenvalue weighted by Gasteiger charge is 2.24. The first kappa shape index (κ1) is 15.5. The summed E-state index contributed by atoms with van der Waals surface area (Å²) >= 11 is 3.40. The molecule has 0 radical (unpaired) electrons. The summed E-state index contributed by atoms with van der Waals surface area (Å²) in [5.74, 6) is 0.394. The normalized spacial score (nSPS) is 24.1. The Bertz CT molecular complexity index is 438. The number of benzene rings is 1. The number of hydrogen-bond acceptors (Lipinski definition) is 2. The van der Waals surface area contributed by atoms with Gasteiger partial charge in [0.25, 0.3) is 0 Å². The van der Waals surface area contributed by atoms with Crippen LogP contribution in [-0.2, 0) is 4.79 Å². The quantitative estimate of drug-likeness (QED) is 0.884. The van der Waals surface area contributed by atoms with Crippen molar-refractivity contribution in [2.24, 2.45) is 5.92 Å². The van der Waals surface area contributed by atoms with Crippen molar-refractivity contribution in [3.63, 3.8) is 0 Å². The van der Waals surface area contributed by atoms with E-state index >= 15 is 0 Å². The molecular formula is C16H22BrNO2. The molecule has 1 aliphatic carbocycles. The summed E-state index contributed by atoms with van der Waals surface area (Å²) in [7, 11) is 0. The maximum Gasteiger partial charge on any atom is 0.227 e. The number of aliphatic hydroxyl groups excluding tert-OH is 1. The third-order valence-electron chi connectivity index (χ3n) is 4.21. The molecule has 1 amide bonds. The zero-order valence-corrected chi connectivity index (χ0v) is 13.4. The monoisotopic (exact) mass is 339 g/mol. The summed E-state index contributed by atoms with van der Waals surface area (Å²) in [6.45, 7) is 2.22. The maximum atomic E-state index is 12.3. The molecule has 0 saturated heterocycles. The van der Waals surface area contributed by atoms with Crippen LogP contribution in [0.4, 0.5) is 0 Å². The number of carbonyl (C=O) groups excluding carboxylic acids is 1. The van der Waals surface area contributed by atoms with Crippen molar-refractivity contribution in [3.8, 4) is 0 Å². The average Bonchev–Trinajstić information content (AvgIpc) is 2.48. The number of rotatable bonds is 4. The number of carbonyl (C=O) groups is 1. The average molecular weight is 340 g/mol. The van der Waals surface area contributed by atoms with Gasteiger partial charge in [0.05, 0.1) is 5.92 Å². The lowest BCUT2D eigenvalue weighted by Gasteiger charge is -2.29. The van der Waals surface area contributed by atoms with E-state index in [0.29, 0.717) is 5.92 Å². The van der Waals surface area contributed by atoms with Crippen molar-refractivity contribution >= 4 is 21.8 Å². The Hall–Kier alpha value is -0.870. The van der Waals surface area contributed by atoms with Crippen LogP contribution in [0.2, 0.25) is 0 Å². The van der Waals surface area contributed by atoms with E-state index in [4.69, 9.17) is 5.11 Å². The molecule has 1 atom stereocenters. The number of nitrogens with one attached hydrogen (secondary N) is 1. The molecule has 0 bridgehead atoms. The first-order chi connectivity index (χ1) is 9.60. The number of aliphatic hydroxyl groups is 1. The third-order valence-corrected chi connectivity index (χ3v) is 4.74. The lowest BCUT2D eigenvalue weighted by atomic mass is 9.86. The number of halogens is 1. The van der Waals surface area contributed by atoms with E-state index in [-0.39, 0.29) is 24.5 Å². The standard InChI is InChI=1S/C16H22BrNO2/c1-11(13-4-6-14(17)7-5-13)16(20)18-15-8-2-12(10-19)3-9-15/h4-7,11-12,15,19H,2-3,8-10H2,1H3,(H,18,20). The molecule has 0 aliphatic heterocycles. The van der Waals surface area contributed by atoms with Crippen LogP contribution in [0.3, 0.4) is 0 Å². The molecule has 0 aromatic heterocycles. The molecule has 0 spiro atoms. The van der Waals surface area contributed by atoms with Gasteiger partial charge in [-0.3, -0.25) is 4.79 Å². The molecular weight excluding hydrogens is 318 g/mol. The van der Waals surface area contributed by atoms with Crippen LogP contribution < -0.4 is 5.32 Å². The van der Waals surface area contributed by atoms with Crippen molar-refractivity contribution in [1.82, 2.24) is 5.32 Å². The van der Waals surface area contributed by atoms with Crippen molar-refractivity contribution in [1.29, 1.82) is 0 Å². The molecule has 2 rings (SSSR count). The smallest absolute Gasteiger partial charge is 0.227 e. The summed E-state index contributed by atoms with van der Waals surface area (Å²) in [5, 5.41) is 12.3. The second-order valence-electron chi connectivity index (χ2n) is 5.68. The minimum absolute atomic E-state index is 0.0970. The van der Waals surface area contributed by atoms with Gasteiger partial charge in [-0.05, 0) is 56.2 Å². The summed E-state index contributed by atoms with van der Waals surface area (Å²) < 4.78 is 1.02. The molecule has 1 aromatic carbocycles. The third kappa shape index (κ3) is 4.06. The fourth-order valence-electron chi connectivity index (χ4n) is 2.72. The van der Waals surface area contributed by atoms with Crippen LogP contribution in [0, 0.1) is 5.92 Å². The van der Waals surface area contributed by atoms with Crippen LogP contribution in [0.15, 0.2) is 28.7 Å². The number of amides is 1. The molecule has 1 unspecified atom stereocenters. The van der Waals surface area contributed by atoms with Crippen molar-refractivity contribution in [3.05, 3.63) is 34.3 Å². The summed E-state index contributed by atoms with van der Waals surface area (Å²) in [6, 6.07) is 8.16. The molecule has 4 heteroatoms. The van der Waals surface area contributed by atoms with Gasteiger partial charge in [0.2, 0.25) is 5.91 Å². The summed E-state index contributed by atoms with van der Waals surface area (Å²) in [6.07, 6.45) is 3.97. The van der Waals surface area contributed by atoms with Gasteiger partial charge in [0.15, 0.2) is 0 Å². The van der Waals surface area contributed by atoms with Gasteiger partial charge in [-0.25, -0.2) is 0 Å². The van der Waals surface area contributed by atoms with Crippen LogP contribution in [-0.4, -0.2) is 23.7 Å². The number of hydrogen-bond donors (Lipinski definition) is 2. The topological polar surface area (TPSA) is 49.3 Å². The predicted molar refractivity (Wildman–Crippen MR) is 83.5 cm³/mol. The van der Waals surface area contributed by atoms with Gasteiger partial charge in [0, 0.05) is 17.1 Å². The van der Waals surface area contributed by atoms with E-state index in [1.54, 1.807) is 0 Å². The lowest BCUT2D eigenvalue weighted by Crippen LogP contribution is -2.40. The fourth-order valence-corrected chi connectivity index (χ4v) is 2.98. The molecule has 3 nitrogen and oxygen atoms in total. The van der Waals surface area contributed by atoms with E-state index in [1.165, 1.54) is 0 Å². The Morgan fingerprint density at radius 2 is 1.90 bits per heavy atom. The summed E-state index contributed by atoms with van der Waals surface area (Å²) in [5.41, 5.74) is 1.04. The van der Waals surface area contributed by atoms with Crippen molar-refractivity contribution in [2.45, 2.75) is 44.6 Å². The van der Waals surface area contributed by atoms with Crippen molar-refractivity contribution < 1.29 is 9.90 Å². The highest BCUT2D eigenvalue weighted by molar-refractivity contribution is 9.10. The molecule has 1 aliphatic rings. The van der Waals surface area contributed by atoms with Crippen LogP contribution in [0.25, 0.3) is 0 Å². The Morgan fingerprint density at radius 3 is 2.45 bits per heavy atom. The molecule has 1 aromatic rings. The van der Waals surface area contributed by atoms with Gasteiger partial charge >= 0.3 is 0 Å². The highest BCUT2D eigenvalue weighted by Crippen LogP contribution is 2.25. The SMILES string of the molecule is CC(C(=O)NC1CCC(CO)CC1)c1ccc(Br)cc1. The predicted octanol–water partition coefficient (Wildman–Crippen LogP) is 3.22. The summed E-state index contributed by atoms with van der Waals surface area (Å²) in [4.78, 5) is 12.3. The fraction of sp³-hybridized carbons (Fsp3) is 0.562. The Labute approximate surface area is 128 Å². The zero-order chi connectivity index (χ0) is 14.5. The van der Waals surface area contributed by atoms with E-state index in [1.807, 2.05) is 31.2 Å². The molecule has 2 N–H and O–H groups in total. The van der Waals surface area contributed by atoms with E-state index in [0.717, 1.165) is 35.7 Å². The molecule has 1 fully saturated rings. The maximum absolute atomic E-state index is 12.3. The van der Waals surface area contributed by atoms with E-state index in [9.17, 15) is 4.79 Å². The molecule has 0 heterocycles. The van der Waals surface area contributed by atoms with Crippen LogP contribution >= 0.6 is 15.9 Å². The second kappa shape index (κ2) is 7.23. The van der Waals surface area contributed by atoms with E-state index in [2.05, 4.69) is 21.2 Å². The second-order valence-corrected chi connectivity index (χ2v) is 6.60. The highest BCUT2D eigenvalue weighted by atomic mass is 79.9. The largest absolute Gasteiger partial charge is 0.396 e. The Morgan fingerprint density at radius 1 is 1.30 bits per heavy atom. The van der Waals surface area contributed by atoms with Gasteiger partial charge in [-0.1, -0.05) is 28.1 Å². The van der Waals surface area contributed by atoms with Gasteiger partial charge in [-0.2, -0.15) is 0 Å². The molecule has 110 valence electrons. The first-order valence-corrected chi connectivity index (χ1v) is 8.06. The lowest BCUT2D eigenvalue weighted by molar-refractivity contribution is -0.123. The first-order valence-electron chi connectivity index (χ1n) is 7.27. The van der Waals surface area contributed by atoms with E-state index < -0.39 is 0 Å². The Kier molecular flexibility index (Phi) is 5.61. The van der Waals surface area contributed by atoms with Crippen LogP contribution in [0.1, 0.15) is 44.1 Å². The molecule has 20 heavy (non-hydrogen) atoms.